The van der Waals surface area contributed by atoms with Crippen LogP contribution in [-0.4, -0.2) is 37.7 Å². The zero-order chi connectivity index (χ0) is 14.4. The summed E-state index contributed by atoms with van der Waals surface area (Å²) in [5.41, 5.74) is 1.29. The van der Waals surface area contributed by atoms with E-state index in [1.807, 2.05) is 6.07 Å². The van der Waals surface area contributed by atoms with Gasteiger partial charge < -0.3 is 10.1 Å². The Hall–Kier alpha value is -1.06. The van der Waals surface area contributed by atoms with Crippen molar-refractivity contribution in [3.63, 3.8) is 0 Å². The van der Waals surface area contributed by atoms with Crippen LogP contribution in [0.3, 0.4) is 0 Å². The maximum absolute atomic E-state index is 5.52. The van der Waals surface area contributed by atoms with Crippen LogP contribution in [0, 0.1) is 0 Å². The van der Waals surface area contributed by atoms with Gasteiger partial charge in [0, 0.05) is 24.2 Å². The highest BCUT2D eigenvalue weighted by Crippen LogP contribution is 2.29. The van der Waals surface area contributed by atoms with Crippen LogP contribution >= 0.6 is 0 Å². The van der Waals surface area contributed by atoms with Gasteiger partial charge in [-0.3, -0.25) is 4.90 Å². The first kappa shape index (κ1) is 15.3. The predicted molar refractivity (Wildman–Crippen MR) is 84.3 cm³/mol. The third kappa shape index (κ3) is 3.74. The molecular weight excluding hydrogens is 248 g/mol. The standard InChI is InChI=1S/C17H28N2O/c1-4-12-19(13-15-8-7-11-18-15)14(2)16-9-5-6-10-17(16)20-3/h5-6,9-10,14-15,18H,4,7-8,11-13H2,1-3H3. The predicted octanol–water partition coefficient (Wildman–Crippen LogP) is 3.22. The molecule has 1 N–H and O–H groups in total. The lowest BCUT2D eigenvalue weighted by Crippen LogP contribution is -2.39. The van der Waals surface area contributed by atoms with E-state index in [4.69, 9.17) is 4.74 Å². The molecule has 2 unspecified atom stereocenters. The fraction of sp³-hybridized carbons (Fsp3) is 0.647. The van der Waals surface area contributed by atoms with E-state index in [2.05, 4.69) is 42.3 Å². The third-order valence-electron chi connectivity index (χ3n) is 4.26. The highest BCUT2D eigenvalue weighted by Gasteiger charge is 2.23. The molecule has 1 heterocycles. The second-order valence-corrected chi connectivity index (χ2v) is 5.71. The third-order valence-corrected chi connectivity index (χ3v) is 4.26. The summed E-state index contributed by atoms with van der Waals surface area (Å²) in [6.45, 7) is 7.99. The van der Waals surface area contributed by atoms with E-state index >= 15 is 0 Å². The molecule has 0 spiro atoms. The van der Waals surface area contributed by atoms with Crippen molar-refractivity contribution in [3.05, 3.63) is 29.8 Å². The average Bonchev–Trinajstić information content (AvgIpc) is 2.99. The van der Waals surface area contributed by atoms with Gasteiger partial charge in [-0.05, 0) is 45.3 Å². The Labute approximate surface area is 123 Å². The minimum atomic E-state index is 0.397. The molecule has 0 radical (unpaired) electrons. The van der Waals surface area contributed by atoms with Gasteiger partial charge in [-0.2, -0.15) is 0 Å². The van der Waals surface area contributed by atoms with Crippen molar-refractivity contribution in [3.8, 4) is 5.75 Å². The lowest BCUT2D eigenvalue weighted by atomic mass is 10.0. The maximum atomic E-state index is 5.52. The summed E-state index contributed by atoms with van der Waals surface area (Å²) in [5, 5.41) is 3.61. The van der Waals surface area contributed by atoms with Crippen LogP contribution < -0.4 is 10.1 Å². The molecule has 20 heavy (non-hydrogen) atoms. The van der Waals surface area contributed by atoms with Crippen LogP contribution in [0.25, 0.3) is 0 Å². The SMILES string of the molecule is CCCN(CC1CCCN1)C(C)c1ccccc1OC. The summed E-state index contributed by atoms with van der Waals surface area (Å²) >= 11 is 0. The summed E-state index contributed by atoms with van der Waals surface area (Å²) in [7, 11) is 1.76. The molecule has 0 amide bonds. The van der Waals surface area contributed by atoms with Crippen LogP contribution in [-0.2, 0) is 0 Å². The minimum absolute atomic E-state index is 0.397. The first-order valence-corrected chi connectivity index (χ1v) is 7.86. The van der Waals surface area contributed by atoms with Crippen molar-refractivity contribution >= 4 is 0 Å². The maximum Gasteiger partial charge on any atom is 0.123 e. The second-order valence-electron chi connectivity index (χ2n) is 5.71. The monoisotopic (exact) mass is 276 g/mol. The molecule has 0 aliphatic carbocycles. The zero-order valence-corrected chi connectivity index (χ0v) is 13.1. The first-order chi connectivity index (χ1) is 9.76. The highest BCUT2D eigenvalue weighted by atomic mass is 16.5. The van der Waals surface area contributed by atoms with E-state index in [-0.39, 0.29) is 0 Å². The summed E-state index contributed by atoms with van der Waals surface area (Å²) in [6, 6.07) is 9.44. The van der Waals surface area contributed by atoms with Crippen molar-refractivity contribution in [1.29, 1.82) is 0 Å². The fourth-order valence-electron chi connectivity index (χ4n) is 3.13. The Balaban J connectivity index is 2.10. The Kier molecular flexibility index (Phi) is 5.86. The summed E-state index contributed by atoms with van der Waals surface area (Å²) < 4.78 is 5.52. The Morgan fingerprint density at radius 1 is 1.40 bits per heavy atom. The Morgan fingerprint density at radius 2 is 2.20 bits per heavy atom. The normalized spacial score (nSPS) is 20.3. The van der Waals surface area contributed by atoms with Crippen molar-refractivity contribution in [2.24, 2.45) is 0 Å². The molecule has 1 fully saturated rings. The van der Waals surface area contributed by atoms with Gasteiger partial charge in [-0.1, -0.05) is 25.1 Å². The van der Waals surface area contributed by atoms with E-state index < -0.39 is 0 Å². The number of ether oxygens (including phenoxy) is 1. The van der Waals surface area contributed by atoms with Crippen molar-refractivity contribution in [1.82, 2.24) is 10.2 Å². The van der Waals surface area contributed by atoms with Gasteiger partial charge in [0.15, 0.2) is 0 Å². The Morgan fingerprint density at radius 3 is 2.85 bits per heavy atom. The molecule has 2 atom stereocenters. The molecule has 1 aliphatic heterocycles. The van der Waals surface area contributed by atoms with E-state index in [9.17, 15) is 0 Å². The van der Waals surface area contributed by atoms with Gasteiger partial charge >= 0.3 is 0 Å². The largest absolute Gasteiger partial charge is 0.496 e. The molecule has 2 rings (SSSR count). The van der Waals surface area contributed by atoms with E-state index in [1.165, 1.54) is 31.4 Å². The molecule has 0 aromatic heterocycles. The van der Waals surface area contributed by atoms with Gasteiger partial charge in [0.2, 0.25) is 0 Å². The van der Waals surface area contributed by atoms with Crippen molar-refractivity contribution < 1.29 is 4.74 Å². The molecule has 3 heteroatoms. The Bertz CT molecular complexity index is 402. The van der Waals surface area contributed by atoms with Crippen LogP contribution in [0.1, 0.15) is 44.7 Å². The number of methoxy groups -OCH3 is 1. The molecule has 1 aromatic rings. The summed E-state index contributed by atoms with van der Waals surface area (Å²) in [6.07, 6.45) is 3.80. The molecule has 112 valence electrons. The summed E-state index contributed by atoms with van der Waals surface area (Å²) in [4.78, 5) is 2.58. The number of rotatable bonds is 7. The number of para-hydroxylation sites is 1. The van der Waals surface area contributed by atoms with Gasteiger partial charge in [0.1, 0.15) is 5.75 Å². The molecule has 1 saturated heterocycles. The summed E-state index contributed by atoms with van der Waals surface area (Å²) in [5.74, 6) is 1.00. The first-order valence-electron chi connectivity index (χ1n) is 7.86. The average molecular weight is 276 g/mol. The lowest BCUT2D eigenvalue weighted by Gasteiger charge is -2.32. The smallest absolute Gasteiger partial charge is 0.123 e. The molecule has 0 saturated carbocycles. The fourth-order valence-corrected chi connectivity index (χ4v) is 3.13. The van der Waals surface area contributed by atoms with Crippen molar-refractivity contribution in [2.45, 2.75) is 45.2 Å². The van der Waals surface area contributed by atoms with E-state index in [0.29, 0.717) is 12.1 Å². The van der Waals surface area contributed by atoms with Crippen molar-refractivity contribution in [2.75, 3.05) is 26.7 Å². The number of benzene rings is 1. The number of hydrogen-bond acceptors (Lipinski definition) is 3. The van der Waals surface area contributed by atoms with Crippen LogP contribution in [0.2, 0.25) is 0 Å². The topological polar surface area (TPSA) is 24.5 Å². The molecular formula is C17H28N2O. The second kappa shape index (κ2) is 7.65. The van der Waals surface area contributed by atoms with Gasteiger partial charge in [-0.15, -0.1) is 0 Å². The number of nitrogens with zero attached hydrogens (tertiary/aromatic N) is 1. The molecule has 1 aromatic carbocycles. The van der Waals surface area contributed by atoms with E-state index in [1.54, 1.807) is 7.11 Å². The van der Waals surface area contributed by atoms with Gasteiger partial charge in [0.05, 0.1) is 7.11 Å². The molecule has 1 aliphatic rings. The lowest BCUT2D eigenvalue weighted by molar-refractivity contribution is 0.189. The van der Waals surface area contributed by atoms with Gasteiger partial charge in [-0.25, -0.2) is 0 Å². The van der Waals surface area contributed by atoms with Gasteiger partial charge in [0.25, 0.3) is 0 Å². The number of hydrogen-bond donors (Lipinski definition) is 1. The van der Waals surface area contributed by atoms with Crippen LogP contribution in [0.5, 0.6) is 5.75 Å². The zero-order valence-electron chi connectivity index (χ0n) is 13.1. The quantitative estimate of drug-likeness (QED) is 0.827. The highest BCUT2D eigenvalue weighted by molar-refractivity contribution is 5.35. The van der Waals surface area contributed by atoms with E-state index in [0.717, 1.165) is 18.8 Å². The van der Waals surface area contributed by atoms with Crippen LogP contribution in [0.4, 0.5) is 0 Å². The number of nitrogens with one attached hydrogen (secondary N) is 1. The van der Waals surface area contributed by atoms with Crippen LogP contribution in [0.15, 0.2) is 24.3 Å². The molecule has 3 nitrogen and oxygen atoms in total. The molecule has 0 bridgehead atoms. The minimum Gasteiger partial charge on any atom is -0.496 e.